The maximum Gasteiger partial charge on any atom is 0.227 e. The molecule has 6 nitrogen and oxygen atoms in total. The summed E-state index contributed by atoms with van der Waals surface area (Å²) in [5.41, 5.74) is 0.954. The number of hydrogen-bond acceptors (Lipinski definition) is 6. The molecular weight excluding hydrogens is 324 g/mol. The number of aryl methyl sites for hydroxylation is 1. The number of nitrogens with zero attached hydrogens (tertiary/aromatic N) is 3. The van der Waals surface area contributed by atoms with Crippen LogP contribution < -0.4 is 5.32 Å². The fourth-order valence-electron chi connectivity index (χ4n) is 3.00. The van der Waals surface area contributed by atoms with Crippen LogP contribution >= 0.6 is 11.3 Å². The molecule has 24 heavy (non-hydrogen) atoms. The standard InChI is InChI=1S/C17H24N4O2S/c1-13-4-2-3-9-21(13)10-8-18-15(22)5-6-16-19-17(20-23-16)14-7-11-24-12-14/h7,11-13H,2-6,8-10H2,1H3,(H,18,22)/t13-/m1/s1. The first-order valence-electron chi connectivity index (χ1n) is 8.58. The van der Waals surface area contributed by atoms with Crippen LogP contribution in [0.4, 0.5) is 0 Å². The minimum Gasteiger partial charge on any atom is -0.355 e. The highest BCUT2D eigenvalue weighted by atomic mass is 32.1. The highest BCUT2D eigenvalue weighted by Gasteiger charge is 2.17. The van der Waals surface area contributed by atoms with Gasteiger partial charge in [-0.2, -0.15) is 16.3 Å². The van der Waals surface area contributed by atoms with Gasteiger partial charge in [0.25, 0.3) is 0 Å². The molecule has 1 aliphatic rings. The number of likely N-dealkylation sites (tertiary alicyclic amines) is 1. The Bertz CT molecular complexity index is 641. The molecule has 1 saturated heterocycles. The van der Waals surface area contributed by atoms with Crippen molar-refractivity contribution in [3.8, 4) is 11.4 Å². The molecule has 3 heterocycles. The van der Waals surface area contributed by atoms with Gasteiger partial charge in [0.1, 0.15) is 0 Å². The number of carbonyl (C=O) groups is 1. The van der Waals surface area contributed by atoms with Crippen molar-refractivity contribution in [2.75, 3.05) is 19.6 Å². The summed E-state index contributed by atoms with van der Waals surface area (Å²) in [4.78, 5) is 18.7. The Morgan fingerprint density at radius 2 is 2.42 bits per heavy atom. The molecule has 0 saturated carbocycles. The van der Waals surface area contributed by atoms with Crippen LogP contribution in [0.15, 0.2) is 21.3 Å². The molecule has 1 atom stereocenters. The first kappa shape index (κ1) is 17.1. The van der Waals surface area contributed by atoms with E-state index in [-0.39, 0.29) is 5.91 Å². The average Bonchev–Trinajstić information content (AvgIpc) is 3.26. The summed E-state index contributed by atoms with van der Waals surface area (Å²) < 4.78 is 5.21. The molecule has 2 aromatic rings. The number of aromatic nitrogens is 2. The number of carbonyl (C=O) groups excluding carboxylic acids is 1. The zero-order chi connectivity index (χ0) is 16.8. The Balaban J connectivity index is 1.36. The van der Waals surface area contributed by atoms with E-state index in [1.165, 1.54) is 19.3 Å². The molecule has 1 amide bonds. The minimum atomic E-state index is 0.0370. The average molecular weight is 348 g/mol. The van der Waals surface area contributed by atoms with E-state index in [9.17, 15) is 4.79 Å². The number of thiophene rings is 1. The Morgan fingerprint density at radius 3 is 3.21 bits per heavy atom. The molecule has 0 aliphatic carbocycles. The summed E-state index contributed by atoms with van der Waals surface area (Å²) in [7, 11) is 0. The highest BCUT2D eigenvalue weighted by Crippen LogP contribution is 2.19. The van der Waals surface area contributed by atoms with Gasteiger partial charge in [-0.05, 0) is 37.8 Å². The molecule has 0 aromatic carbocycles. The maximum atomic E-state index is 12.0. The normalized spacial score (nSPS) is 18.6. The first-order chi connectivity index (χ1) is 11.7. The molecule has 130 valence electrons. The number of piperidine rings is 1. The molecule has 3 rings (SSSR count). The summed E-state index contributed by atoms with van der Waals surface area (Å²) in [5, 5.41) is 10.9. The Kier molecular flexibility index (Phi) is 5.98. The van der Waals surface area contributed by atoms with Crippen molar-refractivity contribution in [1.29, 1.82) is 0 Å². The molecule has 1 aliphatic heterocycles. The third-order valence-electron chi connectivity index (χ3n) is 4.48. The molecule has 1 fully saturated rings. The van der Waals surface area contributed by atoms with Crippen molar-refractivity contribution < 1.29 is 9.32 Å². The van der Waals surface area contributed by atoms with Crippen LogP contribution in [0, 0.1) is 0 Å². The second-order valence-electron chi connectivity index (χ2n) is 6.25. The van der Waals surface area contributed by atoms with Crippen LogP contribution in [-0.2, 0) is 11.2 Å². The fourth-order valence-corrected chi connectivity index (χ4v) is 3.64. The van der Waals surface area contributed by atoms with Gasteiger partial charge in [0, 0.05) is 42.9 Å². The van der Waals surface area contributed by atoms with Crippen LogP contribution in [0.1, 0.15) is 38.5 Å². The van der Waals surface area contributed by atoms with Gasteiger partial charge in [-0.25, -0.2) is 0 Å². The Hall–Kier alpha value is -1.73. The second kappa shape index (κ2) is 8.39. The number of rotatable bonds is 7. The van der Waals surface area contributed by atoms with Gasteiger partial charge in [-0.15, -0.1) is 0 Å². The van der Waals surface area contributed by atoms with E-state index < -0.39 is 0 Å². The lowest BCUT2D eigenvalue weighted by atomic mass is 10.0. The summed E-state index contributed by atoms with van der Waals surface area (Å²) in [6, 6.07) is 2.58. The number of nitrogens with one attached hydrogen (secondary N) is 1. The van der Waals surface area contributed by atoms with E-state index >= 15 is 0 Å². The molecule has 0 radical (unpaired) electrons. The topological polar surface area (TPSA) is 71.3 Å². The van der Waals surface area contributed by atoms with Gasteiger partial charge in [0.05, 0.1) is 0 Å². The SMILES string of the molecule is C[C@@H]1CCCCN1CCNC(=O)CCc1nc(-c2ccsc2)no1. The van der Waals surface area contributed by atoms with E-state index in [2.05, 4.69) is 27.3 Å². The highest BCUT2D eigenvalue weighted by molar-refractivity contribution is 7.08. The van der Waals surface area contributed by atoms with E-state index in [1.807, 2.05) is 16.8 Å². The van der Waals surface area contributed by atoms with E-state index in [0.717, 1.165) is 18.7 Å². The van der Waals surface area contributed by atoms with Gasteiger partial charge in [-0.3, -0.25) is 9.69 Å². The van der Waals surface area contributed by atoms with E-state index in [4.69, 9.17) is 4.52 Å². The molecule has 0 spiro atoms. The minimum absolute atomic E-state index is 0.0370. The Labute approximate surface area is 146 Å². The third-order valence-corrected chi connectivity index (χ3v) is 5.16. The largest absolute Gasteiger partial charge is 0.355 e. The van der Waals surface area contributed by atoms with Crippen molar-refractivity contribution >= 4 is 17.2 Å². The fraction of sp³-hybridized carbons (Fsp3) is 0.588. The van der Waals surface area contributed by atoms with Gasteiger partial charge < -0.3 is 9.84 Å². The van der Waals surface area contributed by atoms with Crippen LogP contribution in [0.25, 0.3) is 11.4 Å². The number of amides is 1. The van der Waals surface area contributed by atoms with Crippen LogP contribution in [0.3, 0.4) is 0 Å². The zero-order valence-electron chi connectivity index (χ0n) is 14.0. The quantitative estimate of drug-likeness (QED) is 0.833. The van der Waals surface area contributed by atoms with Crippen molar-refractivity contribution in [2.45, 2.75) is 45.1 Å². The zero-order valence-corrected chi connectivity index (χ0v) is 14.8. The molecule has 0 unspecified atom stereocenters. The second-order valence-corrected chi connectivity index (χ2v) is 7.03. The molecular formula is C17H24N4O2S. The van der Waals surface area contributed by atoms with Crippen molar-refractivity contribution in [1.82, 2.24) is 20.4 Å². The van der Waals surface area contributed by atoms with Crippen molar-refractivity contribution in [3.63, 3.8) is 0 Å². The van der Waals surface area contributed by atoms with Gasteiger partial charge in [0.2, 0.25) is 17.6 Å². The third kappa shape index (κ3) is 4.64. The molecule has 7 heteroatoms. The van der Waals surface area contributed by atoms with Gasteiger partial charge >= 0.3 is 0 Å². The first-order valence-corrected chi connectivity index (χ1v) is 9.52. The van der Waals surface area contributed by atoms with E-state index in [0.29, 0.717) is 37.1 Å². The summed E-state index contributed by atoms with van der Waals surface area (Å²) in [6.07, 6.45) is 4.70. The van der Waals surface area contributed by atoms with Crippen molar-refractivity contribution in [2.24, 2.45) is 0 Å². The molecule has 1 N–H and O–H groups in total. The summed E-state index contributed by atoms with van der Waals surface area (Å²) >= 11 is 1.59. The lowest BCUT2D eigenvalue weighted by Gasteiger charge is -2.33. The summed E-state index contributed by atoms with van der Waals surface area (Å²) in [6.45, 7) is 5.04. The van der Waals surface area contributed by atoms with Gasteiger partial charge in [0.15, 0.2) is 0 Å². The predicted molar refractivity (Wildman–Crippen MR) is 93.8 cm³/mol. The van der Waals surface area contributed by atoms with Crippen molar-refractivity contribution in [3.05, 3.63) is 22.7 Å². The van der Waals surface area contributed by atoms with Gasteiger partial charge in [-0.1, -0.05) is 11.6 Å². The Morgan fingerprint density at radius 1 is 1.50 bits per heavy atom. The van der Waals surface area contributed by atoms with E-state index in [1.54, 1.807) is 11.3 Å². The lowest BCUT2D eigenvalue weighted by molar-refractivity contribution is -0.121. The van der Waals surface area contributed by atoms with Crippen LogP contribution in [-0.4, -0.2) is 46.6 Å². The molecule has 0 bridgehead atoms. The van der Waals surface area contributed by atoms with Crippen LogP contribution in [0.2, 0.25) is 0 Å². The smallest absolute Gasteiger partial charge is 0.227 e. The predicted octanol–water partition coefficient (Wildman–Crippen LogP) is 2.72. The maximum absolute atomic E-state index is 12.0. The summed E-state index contributed by atoms with van der Waals surface area (Å²) in [5.74, 6) is 1.14. The monoisotopic (exact) mass is 348 g/mol. The van der Waals surface area contributed by atoms with Crippen LogP contribution in [0.5, 0.6) is 0 Å². The molecule has 2 aromatic heterocycles. The number of hydrogen-bond donors (Lipinski definition) is 1. The lowest BCUT2D eigenvalue weighted by Crippen LogP contribution is -2.42.